The van der Waals surface area contributed by atoms with Gasteiger partial charge in [-0.05, 0) is 29.3 Å². The molecule has 0 spiro atoms. The fraction of sp³-hybridized carbons (Fsp3) is 0.250. The molecule has 0 fully saturated rings. The zero-order valence-electron chi connectivity index (χ0n) is 14.9. The fourth-order valence-corrected chi connectivity index (χ4v) is 2.59. The number of carbonyl (C=O) groups excluding carboxylic acids is 1. The van der Waals surface area contributed by atoms with E-state index >= 15 is 0 Å². The van der Waals surface area contributed by atoms with Crippen LogP contribution in [-0.4, -0.2) is 20.1 Å². The average molecular weight is 367 g/mol. The average Bonchev–Trinajstić information content (AvgIpc) is 2.70. The number of nitrogens with zero attached hydrogens (tertiary/aromatic N) is 2. The van der Waals surface area contributed by atoms with Gasteiger partial charge in [0.25, 0.3) is 5.91 Å². The van der Waals surface area contributed by atoms with E-state index < -0.39 is 23.7 Å². The zero-order chi connectivity index (χ0) is 19.8. The summed E-state index contributed by atoms with van der Waals surface area (Å²) in [7, 11) is 2.84. The number of amides is 1. The Kier molecular flexibility index (Phi) is 6.87. The number of halogens is 1. The zero-order valence-corrected chi connectivity index (χ0v) is 14.9. The van der Waals surface area contributed by atoms with Crippen molar-refractivity contribution in [3.8, 4) is 17.9 Å². The van der Waals surface area contributed by atoms with Crippen LogP contribution in [0.15, 0.2) is 42.5 Å². The van der Waals surface area contributed by atoms with Gasteiger partial charge in [0.1, 0.15) is 17.7 Å². The second kappa shape index (κ2) is 9.33. The molecule has 0 heterocycles. The smallest absolute Gasteiger partial charge is 0.255 e. The van der Waals surface area contributed by atoms with Gasteiger partial charge in [-0.3, -0.25) is 4.79 Å². The summed E-state index contributed by atoms with van der Waals surface area (Å²) in [5.74, 6) is -1.62. The van der Waals surface area contributed by atoms with Crippen molar-refractivity contribution in [3.05, 3.63) is 65.0 Å². The van der Waals surface area contributed by atoms with Gasteiger partial charge in [0.05, 0.1) is 24.8 Å². The third-order valence-electron chi connectivity index (χ3n) is 4.00. The van der Waals surface area contributed by atoms with Crippen LogP contribution in [0.1, 0.15) is 27.6 Å². The molecule has 2 rings (SSSR count). The van der Waals surface area contributed by atoms with E-state index in [1.807, 2.05) is 12.1 Å². The first-order valence-corrected chi connectivity index (χ1v) is 8.06. The lowest BCUT2D eigenvalue weighted by atomic mass is 9.97. The van der Waals surface area contributed by atoms with Gasteiger partial charge in [-0.25, -0.2) is 4.39 Å². The van der Waals surface area contributed by atoms with Gasteiger partial charge >= 0.3 is 0 Å². The number of carbonyl (C=O) groups is 1. The Morgan fingerprint density at radius 1 is 1.15 bits per heavy atom. The van der Waals surface area contributed by atoms with E-state index in [0.717, 1.165) is 11.6 Å². The number of rotatable bonds is 7. The highest BCUT2D eigenvalue weighted by Gasteiger charge is 2.22. The predicted octanol–water partition coefficient (Wildman–Crippen LogP) is 3.12. The molecular formula is C20H18FN3O3. The second-order valence-corrected chi connectivity index (χ2v) is 5.66. The van der Waals surface area contributed by atoms with Crippen LogP contribution in [0.4, 0.5) is 4.39 Å². The van der Waals surface area contributed by atoms with Crippen molar-refractivity contribution in [2.75, 3.05) is 14.2 Å². The van der Waals surface area contributed by atoms with E-state index in [-0.39, 0.29) is 17.9 Å². The van der Waals surface area contributed by atoms with E-state index in [0.29, 0.717) is 5.56 Å². The molecule has 0 saturated heterocycles. The SMILES string of the molecule is COc1ccc(F)cc1C(=O)NCc1ccc(C(OC)C(C#N)C#N)cc1. The van der Waals surface area contributed by atoms with E-state index in [1.54, 1.807) is 24.3 Å². The van der Waals surface area contributed by atoms with Crippen LogP contribution in [0.3, 0.4) is 0 Å². The van der Waals surface area contributed by atoms with Gasteiger partial charge in [-0.15, -0.1) is 0 Å². The largest absolute Gasteiger partial charge is 0.496 e. The lowest BCUT2D eigenvalue weighted by molar-refractivity contribution is 0.0867. The number of methoxy groups -OCH3 is 2. The maximum atomic E-state index is 13.4. The van der Waals surface area contributed by atoms with Gasteiger partial charge in [0, 0.05) is 13.7 Å². The Morgan fingerprint density at radius 3 is 2.37 bits per heavy atom. The lowest BCUT2D eigenvalue weighted by Gasteiger charge is -2.16. The van der Waals surface area contributed by atoms with Crippen LogP contribution in [-0.2, 0) is 11.3 Å². The molecule has 1 atom stereocenters. The lowest BCUT2D eigenvalue weighted by Crippen LogP contribution is -2.23. The number of hydrogen-bond acceptors (Lipinski definition) is 5. The van der Waals surface area contributed by atoms with Gasteiger partial charge in [0.15, 0.2) is 5.92 Å². The molecule has 0 aliphatic rings. The molecule has 1 unspecified atom stereocenters. The summed E-state index contributed by atoms with van der Waals surface area (Å²) >= 11 is 0. The van der Waals surface area contributed by atoms with Gasteiger partial charge in [-0.2, -0.15) is 10.5 Å². The molecule has 6 nitrogen and oxygen atoms in total. The fourth-order valence-electron chi connectivity index (χ4n) is 2.59. The summed E-state index contributed by atoms with van der Waals surface area (Å²) in [6.45, 7) is 0.219. The first-order valence-electron chi connectivity index (χ1n) is 8.06. The monoisotopic (exact) mass is 367 g/mol. The molecule has 7 heteroatoms. The van der Waals surface area contributed by atoms with Crippen molar-refractivity contribution in [1.82, 2.24) is 5.32 Å². The third kappa shape index (κ3) is 4.81. The Balaban J connectivity index is 2.07. The van der Waals surface area contributed by atoms with Gasteiger partial charge in [-0.1, -0.05) is 24.3 Å². The normalized spacial score (nSPS) is 11.3. The maximum Gasteiger partial charge on any atom is 0.255 e. The van der Waals surface area contributed by atoms with Gasteiger partial charge < -0.3 is 14.8 Å². The minimum Gasteiger partial charge on any atom is -0.496 e. The highest BCUT2D eigenvalue weighted by molar-refractivity contribution is 5.96. The highest BCUT2D eigenvalue weighted by atomic mass is 19.1. The van der Waals surface area contributed by atoms with Crippen LogP contribution in [0.25, 0.3) is 0 Å². The van der Waals surface area contributed by atoms with Crippen LogP contribution in [0.2, 0.25) is 0 Å². The van der Waals surface area contributed by atoms with Crippen LogP contribution >= 0.6 is 0 Å². The van der Waals surface area contributed by atoms with Crippen molar-refractivity contribution in [3.63, 3.8) is 0 Å². The minimum absolute atomic E-state index is 0.111. The molecule has 27 heavy (non-hydrogen) atoms. The summed E-state index contributed by atoms with van der Waals surface area (Å²) in [6, 6.07) is 14.5. The van der Waals surface area contributed by atoms with E-state index in [4.69, 9.17) is 20.0 Å². The van der Waals surface area contributed by atoms with Crippen LogP contribution < -0.4 is 10.1 Å². The topological polar surface area (TPSA) is 95.1 Å². The Labute approximate surface area is 156 Å². The van der Waals surface area contributed by atoms with Gasteiger partial charge in [0.2, 0.25) is 0 Å². The number of benzene rings is 2. The van der Waals surface area contributed by atoms with Crippen molar-refractivity contribution in [2.24, 2.45) is 5.92 Å². The molecule has 0 aliphatic carbocycles. The second-order valence-electron chi connectivity index (χ2n) is 5.66. The predicted molar refractivity (Wildman–Crippen MR) is 95.0 cm³/mol. The van der Waals surface area contributed by atoms with E-state index in [9.17, 15) is 9.18 Å². The number of ether oxygens (including phenoxy) is 2. The standard InChI is InChI=1S/C20H18FN3O3/c1-26-18-8-7-16(21)9-17(18)20(25)24-12-13-3-5-14(6-4-13)19(27-2)15(10-22)11-23/h3-9,15,19H,12H2,1-2H3,(H,24,25). The molecular weight excluding hydrogens is 349 g/mol. The third-order valence-corrected chi connectivity index (χ3v) is 4.00. The summed E-state index contributed by atoms with van der Waals surface area (Å²) < 4.78 is 23.7. The van der Waals surface area contributed by atoms with Crippen molar-refractivity contribution < 1.29 is 18.7 Å². The molecule has 0 bridgehead atoms. The molecule has 0 aliphatic heterocycles. The molecule has 138 valence electrons. The molecule has 0 radical (unpaired) electrons. The van der Waals surface area contributed by atoms with Crippen LogP contribution in [0, 0.1) is 34.4 Å². The quantitative estimate of drug-likeness (QED) is 0.811. The summed E-state index contributed by atoms with van der Waals surface area (Å²) in [5, 5.41) is 20.7. The molecule has 0 aromatic heterocycles. The van der Waals surface area contributed by atoms with Crippen molar-refractivity contribution in [2.45, 2.75) is 12.6 Å². The number of hydrogen-bond donors (Lipinski definition) is 1. The Morgan fingerprint density at radius 2 is 1.81 bits per heavy atom. The summed E-state index contributed by atoms with van der Waals surface area (Å²) in [4.78, 5) is 12.3. The van der Waals surface area contributed by atoms with E-state index in [1.165, 1.54) is 26.4 Å². The number of nitriles is 2. The van der Waals surface area contributed by atoms with E-state index in [2.05, 4.69) is 5.32 Å². The molecule has 1 N–H and O–H groups in total. The molecule has 1 amide bonds. The Hall–Kier alpha value is -3.42. The Bertz CT molecular complexity index is 871. The highest BCUT2D eigenvalue weighted by Crippen LogP contribution is 2.25. The van der Waals surface area contributed by atoms with Crippen molar-refractivity contribution >= 4 is 5.91 Å². The minimum atomic E-state index is -0.916. The first-order chi connectivity index (χ1) is 13.0. The molecule has 2 aromatic carbocycles. The summed E-state index contributed by atoms with van der Waals surface area (Å²) in [6.07, 6.45) is -0.653. The number of nitrogens with one attached hydrogen (secondary N) is 1. The maximum absolute atomic E-state index is 13.4. The summed E-state index contributed by atoms with van der Waals surface area (Å²) in [5.41, 5.74) is 1.59. The molecule has 2 aromatic rings. The molecule has 0 saturated carbocycles. The first kappa shape index (κ1) is 19.9. The van der Waals surface area contributed by atoms with Crippen molar-refractivity contribution in [1.29, 1.82) is 10.5 Å². The van der Waals surface area contributed by atoms with Crippen LogP contribution in [0.5, 0.6) is 5.75 Å².